The first-order chi connectivity index (χ1) is 13.5. The van der Waals surface area contributed by atoms with E-state index >= 15 is 0 Å². The zero-order chi connectivity index (χ0) is 19.9. The van der Waals surface area contributed by atoms with Gasteiger partial charge < -0.3 is 10.6 Å². The van der Waals surface area contributed by atoms with Crippen LogP contribution in [0.2, 0.25) is 0 Å². The Morgan fingerprint density at radius 3 is 2.71 bits per heavy atom. The monoisotopic (exact) mass is 463 g/mol. The second-order valence-electron chi connectivity index (χ2n) is 7.15. The van der Waals surface area contributed by atoms with Gasteiger partial charge in [-0.05, 0) is 59.9 Å². The van der Waals surface area contributed by atoms with Crippen LogP contribution in [-0.2, 0) is 11.3 Å². The van der Waals surface area contributed by atoms with Crippen molar-refractivity contribution in [2.75, 3.05) is 13.1 Å². The molecule has 0 aliphatic carbocycles. The molecule has 1 aliphatic heterocycles. The minimum atomic E-state index is -0.570. The van der Waals surface area contributed by atoms with Crippen LogP contribution in [0.4, 0.5) is 0 Å². The molecule has 2 amide bonds. The van der Waals surface area contributed by atoms with E-state index in [4.69, 9.17) is 0 Å². The van der Waals surface area contributed by atoms with Gasteiger partial charge in [0.2, 0.25) is 5.91 Å². The summed E-state index contributed by atoms with van der Waals surface area (Å²) in [5.41, 5.74) is 1.29. The molecule has 7 heteroatoms. The summed E-state index contributed by atoms with van der Waals surface area (Å²) in [4.78, 5) is 27.7. The van der Waals surface area contributed by atoms with Crippen LogP contribution in [0.1, 0.15) is 41.4 Å². The number of likely N-dealkylation sites (tertiary alicyclic amines) is 1. The molecule has 0 radical (unpaired) electrons. The molecule has 2 aromatic rings. The summed E-state index contributed by atoms with van der Waals surface area (Å²) in [6, 6.07) is 13.8. The van der Waals surface area contributed by atoms with E-state index in [9.17, 15) is 9.59 Å². The van der Waals surface area contributed by atoms with Gasteiger partial charge in [-0.1, -0.05) is 36.8 Å². The van der Waals surface area contributed by atoms with Crippen molar-refractivity contribution < 1.29 is 9.59 Å². The Morgan fingerprint density at radius 2 is 2.00 bits per heavy atom. The van der Waals surface area contributed by atoms with Crippen LogP contribution in [0.5, 0.6) is 0 Å². The number of carbonyl (C=O) groups excluding carboxylic acids is 2. The Labute approximate surface area is 178 Å². The third kappa shape index (κ3) is 5.90. The Morgan fingerprint density at radius 1 is 1.21 bits per heavy atom. The van der Waals surface area contributed by atoms with E-state index in [-0.39, 0.29) is 11.8 Å². The molecule has 1 aromatic heterocycles. The molecule has 2 unspecified atom stereocenters. The van der Waals surface area contributed by atoms with Gasteiger partial charge >= 0.3 is 0 Å². The van der Waals surface area contributed by atoms with Gasteiger partial charge in [0, 0.05) is 19.1 Å². The summed E-state index contributed by atoms with van der Waals surface area (Å²) in [5, 5.41) is 5.80. The van der Waals surface area contributed by atoms with Crippen LogP contribution in [0, 0.1) is 0 Å². The zero-order valence-corrected chi connectivity index (χ0v) is 18.4. The molecule has 28 heavy (non-hydrogen) atoms. The Kier molecular flexibility index (Phi) is 7.65. The Hall–Kier alpha value is -1.70. The molecule has 5 nitrogen and oxygen atoms in total. The SMILES string of the molecule is CC(NC(=O)c1ccc(Br)s1)C(=O)NCC1CCCCN1Cc1ccccc1. The van der Waals surface area contributed by atoms with Gasteiger partial charge in [0.05, 0.1) is 8.66 Å². The molecule has 2 N–H and O–H groups in total. The average Bonchev–Trinajstić information content (AvgIpc) is 3.14. The van der Waals surface area contributed by atoms with Gasteiger partial charge in [-0.15, -0.1) is 11.3 Å². The minimum absolute atomic E-state index is 0.144. The van der Waals surface area contributed by atoms with Crippen LogP contribution in [0.3, 0.4) is 0 Å². The van der Waals surface area contributed by atoms with Gasteiger partial charge in [-0.2, -0.15) is 0 Å². The first kappa shape index (κ1) is 21.0. The molecule has 2 atom stereocenters. The van der Waals surface area contributed by atoms with Crippen molar-refractivity contribution in [3.63, 3.8) is 0 Å². The molecule has 1 fully saturated rings. The number of carbonyl (C=O) groups is 2. The van der Waals surface area contributed by atoms with Crippen LogP contribution >= 0.6 is 27.3 Å². The minimum Gasteiger partial charge on any atom is -0.353 e. The van der Waals surface area contributed by atoms with E-state index in [2.05, 4.69) is 55.7 Å². The third-order valence-electron chi connectivity index (χ3n) is 5.03. The first-order valence-corrected chi connectivity index (χ1v) is 11.3. The van der Waals surface area contributed by atoms with Crippen molar-refractivity contribution in [2.45, 2.75) is 44.8 Å². The number of nitrogens with one attached hydrogen (secondary N) is 2. The van der Waals surface area contributed by atoms with Gasteiger partial charge in [0.15, 0.2) is 0 Å². The fourth-order valence-corrected chi connectivity index (χ4v) is 4.75. The first-order valence-electron chi connectivity index (χ1n) is 9.65. The zero-order valence-electron chi connectivity index (χ0n) is 16.0. The van der Waals surface area contributed by atoms with E-state index in [0.717, 1.165) is 23.3 Å². The summed E-state index contributed by atoms with van der Waals surface area (Å²) < 4.78 is 0.894. The molecule has 2 heterocycles. The van der Waals surface area contributed by atoms with Crippen LogP contribution in [0.15, 0.2) is 46.3 Å². The number of hydrogen-bond donors (Lipinski definition) is 2. The smallest absolute Gasteiger partial charge is 0.262 e. The lowest BCUT2D eigenvalue weighted by Crippen LogP contribution is -2.50. The molecule has 1 aliphatic rings. The summed E-state index contributed by atoms with van der Waals surface area (Å²) in [6.45, 7) is 4.28. The number of rotatable bonds is 7. The number of hydrogen-bond acceptors (Lipinski definition) is 4. The second-order valence-corrected chi connectivity index (χ2v) is 9.61. The maximum absolute atomic E-state index is 12.5. The predicted molar refractivity (Wildman–Crippen MR) is 116 cm³/mol. The van der Waals surface area contributed by atoms with E-state index in [1.54, 1.807) is 13.0 Å². The molecule has 150 valence electrons. The van der Waals surface area contributed by atoms with Gasteiger partial charge in [0.25, 0.3) is 5.91 Å². The molecule has 0 saturated carbocycles. The van der Waals surface area contributed by atoms with Crippen LogP contribution in [-0.4, -0.2) is 41.9 Å². The topological polar surface area (TPSA) is 61.4 Å². The third-order valence-corrected chi connectivity index (χ3v) is 6.65. The normalized spacial score (nSPS) is 18.4. The van der Waals surface area contributed by atoms with Crippen molar-refractivity contribution in [1.29, 1.82) is 0 Å². The summed E-state index contributed by atoms with van der Waals surface area (Å²) >= 11 is 4.70. The largest absolute Gasteiger partial charge is 0.353 e. The van der Waals surface area contributed by atoms with Gasteiger partial charge in [-0.3, -0.25) is 14.5 Å². The number of piperidine rings is 1. The highest BCUT2D eigenvalue weighted by atomic mass is 79.9. The summed E-state index contributed by atoms with van der Waals surface area (Å²) in [6.07, 6.45) is 3.46. The maximum Gasteiger partial charge on any atom is 0.262 e. The van der Waals surface area contributed by atoms with E-state index in [0.29, 0.717) is 17.5 Å². The fraction of sp³-hybridized carbons (Fsp3) is 0.429. The lowest BCUT2D eigenvalue weighted by atomic mass is 10.0. The maximum atomic E-state index is 12.5. The van der Waals surface area contributed by atoms with E-state index < -0.39 is 6.04 Å². The molecule has 0 spiro atoms. The average molecular weight is 464 g/mol. The highest BCUT2D eigenvalue weighted by molar-refractivity contribution is 9.11. The van der Waals surface area contributed by atoms with E-state index in [1.807, 2.05) is 12.1 Å². The number of benzene rings is 1. The number of amides is 2. The van der Waals surface area contributed by atoms with Gasteiger partial charge in [-0.25, -0.2) is 0 Å². The molecular formula is C21H26BrN3O2S. The second kappa shape index (κ2) is 10.2. The van der Waals surface area contributed by atoms with Gasteiger partial charge in [0.1, 0.15) is 6.04 Å². The molecule has 0 bridgehead atoms. The predicted octanol–water partition coefficient (Wildman–Crippen LogP) is 3.80. The molecular weight excluding hydrogens is 438 g/mol. The molecule has 1 aromatic carbocycles. The fourth-order valence-electron chi connectivity index (χ4n) is 3.46. The van der Waals surface area contributed by atoms with Crippen molar-refractivity contribution >= 4 is 39.1 Å². The standard InChI is InChI=1S/C21H26BrN3O2S/c1-15(24-21(27)18-10-11-19(22)28-18)20(26)23-13-17-9-5-6-12-25(17)14-16-7-3-2-4-8-16/h2-4,7-8,10-11,15,17H,5-6,9,12-14H2,1H3,(H,23,26)(H,24,27). The van der Waals surface area contributed by atoms with Crippen molar-refractivity contribution in [1.82, 2.24) is 15.5 Å². The van der Waals surface area contributed by atoms with Crippen molar-refractivity contribution in [3.8, 4) is 0 Å². The summed E-state index contributed by atoms with van der Waals surface area (Å²) in [5.74, 6) is -0.365. The van der Waals surface area contributed by atoms with E-state index in [1.165, 1.54) is 29.7 Å². The quantitative estimate of drug-likeness (QED) is 0.656. The van der Waals surface area contributed by atoms with Crippen molar-refractivity contribution in [2.24, 2.45) is 0 Å². The lowest BCUT2D eigenvalue weighted by molar-refractivity contribution is -0.122. The molecule has 1 saturated heterocycles. The van der Waals surface area contributed by atoms with Crippen molar-refractivity contribution in [3.05, 3.63) is 56.7 Å². The number of halogens is 1. The molecule has 3 rings (SSSR count). The Bertz CT molecular complexity index is 796. The van der Waals surface area contributed by atoms with Crippen LogP contribution in [0.25, 0.3) is 0 Å². The highest BCUT2D eigenvalue weighted by Crippen LogP contribution is 2.22. The van der Waals surface area contributed by atoms with Crippen LogP contribution < -0.4 is 10.6 Å². The number of nitrogens with zero attached hydrogens (tertiary/aromatic N) is 1. The number of thiophene rings is 1. The highest BCUT2D eigenvalue weighted by Gasteiger charge is 2.24. The Balaban J connectivity index is 1.49. The summed E-state index contributed by atoms with van der Waals surface area (Å²) in [7, 11) is 0. The lowest BCUT2D eigenvalue weighted by Gasteiger charge is -2.36.